The van der Waals surface area contributed by atoms with Gasteiger partial charge in [-0.1, -0.05) is 25.2 Å². The number of rotatable bonds is 10. The van der Waals surface area contributed by atoms with Gasteiger partial charge in [-0.2, -0.15) is 14.4 Å². The maximum absolute atomic E-state index is 13.5. The second-order valence-electron chi connectivity index (χ2n) is 7.74. The van der Waals surface area contributed by atoms with E-state index in [9.17, 15) is 23.3 Å². The molecule has 4 rings (SSSR count). The van der Waals surface area contributed by atoms with Crippen LogP contribution < -0.4 is 9.75 Å². The average molecular weight is 558 g/mol. The number of carbonyl (C=O) groups excluding carboxylic acids is 1. The first-order valence-corrected chi connectivity index (χ1v) is 13.6. The molecule has 0 N–H and O–H groups in total. The lowest BCUT2D eigenvalue weighted by Gasteiger charge is -2.19. The summed E-state index contributed by atoms with van der Waals surface area (Å²) in [5.41, 5.74) is 0.760. The van der Waals surface area contributed by atoms with Gasteiger partial charge in [0, 0.05) is 18.7 Å². The van der Waals surface area contributed by atoms with Crippen molar-refractivity contribution in [1.29, 1.82) is 0 Å². The van der Waals surface area contributed by atoms with Crippen molar-refractivity contribution in [2.24, 2.45) is 5.10 Å². The predicted molar refractivity (Wildman–Crippen MR) is 142 cm³/mol. The first kappa shape index (κ1) is 26.9. The van der Waals surface area contributed by atoms with E-state index in [1.54, 1.807) is 32.0 Å². The van der Waals surface area contributed by atoms with Crippen LogP contribution in [0.1, 0.15) is 30.0 Å². The molecule has 0 atom stereocenters. The molecule has 1 amide bonds. The molecule has 0 saturated carbocycles. The topological polar surface area (TPSA) is 148 Å². The number of furan rings is 1. The van der Waals surface area contributed by atoms with Gasteiger partial charge in [0.15, 0.2) is 5.76 Å². The molecule has 2 aromatic carbocycles. The minimum absolute atomic E-state index is 0.0537. The van der Waals surface area contributed by atoms with Crippen molar-refractivity contribution in [3.8, 4) is 5.75 Å². The van der Waals surface area contributed by atoms with E-state index in [4.69, 9.17) is 9.15 Å². The van der Waals surface area contributed by atoms with E-state index < -0.39 is 26.7 Å². The van der Waals surface area contributed by atoms with Crippen LogP contribution in [0, 0.1) is 10.1 Å². The number of fused-ring (bicyclic) bond motifs is 1. The number of methoxy groups -OCH3 is 1. The SMILES string of the molecule is CCN(CC)S(=O)(=O)c1ccc(C(=O)N(/N=C/c2ccc([N+](=O)[O-])o2)c2nc3ccc(OC)cc3s2)cc1. The molecule has 0 aliphatic heterocycles. The molecular formula is C24H23N5O7S2. The summed E-state index contributed by atoms with van der Waals surface area (Å²) in [4.78, 5) is 28.3. The Labute approximate surface area is 222 Å². The molecule has 2 heterocycles. The Morgan fingerprint density at radius 3 is 2.47 bits per heavy atom. The summed E-state index contributed by atoms with van der Waals surface area (Å²) in [7, 11) is -2.16. The lowest BCUT2D eigenvalue weighted by Crippen LogP contribution is -2.30. The number of amides is 1. The molecule has 0 aliphatic carbocycles. The molecular weight excluding hydrogens is 534 g/mol. The standard InChI is InChI=1S/C24H23N5O7S2/c1-4-27(5-2)38(33,34)19-10-6-16(7-11-19)23(30)28(25-15-18-9-13-22(36-18)29(31)32)24-26-20-12-8-17(35-3)14-21(20)37-24/h6-15H,4-5H2,1-3H3/b25-15+. The third-order valence-corrected chi connectivity index (χ3v) is 8.55. The van der Waals surface area contributed by atoms with Crippen molar-refractivity contribution in [3.05, 3.63) is 76.0 Å². The van der Waals surface area contributed by atoms with Crippen molar-refractivity contribution in [2.45, 2.75) is 18.7 Å². The summed E-state index contributed by atoms with van der Waals surface area (Å²) in [5.74, 6) is -0.401. The Morgan fingerprint density at radius 2 is 1.87 bits per heavy atom. The van der Waals surface area contributed by atoms with E-state index in [1.807, 2.05) is 0 Å². The summed E-state index contributed by atoms with van der Waals surface area (Å²) < 4.78 is 38.1. The van der Waals surface area contributed by atoms with Gasteiger partial charge in [-0.05, 0) is 48.5 Å². The predicted octanol–water partition coefficient (Wildman–Crippen LogP) is 4.52. The zero-order chi connectivity index (χ0) is 27.4. The van der Waals surface area contributed by atoms with Gasteiger partial charge in [-0.15, -0.1) is 0 Å². The number of hydrogen-bond acceptors (Lipinski definition) is 10. The van der Waals surface area contributed by atoms with E-state index >= 15 is 0 Å². The molecule has 0 fully saturated rings. The lowest BCUT2D eigenvalue weighted by molar-refractivity contribution is -0.402. The zero-order valence-corrected chi connectivity index (χ0v) is 22.2. The van der Waals surface area contributed by atoms with Gasteiger partial charge >= 0.3 is 5.88 Å². The van der Waals surface area contributed by atoms with Gasteiger partial charge < -0.3 is 9.15 Å². The molecule has 2 aromatic heterocycles. The third-order valence-electron chi connectivity index (χ3n) is 5.50. The first-order valence-electron chi connectivity index (χ1n) is 11.3. The number of anilines is 1. The van der Waals surface area contributed by atoms with Crippen LogP contribution in [-0.4, -0.2) is 55.0 Å². The smallest absolute Gasteiger partial charge is 0.433 e. The van der Waals surface area contributed by atoms with Crippen molar-refractivity contribution in [2.75, 3.05) is 25.2 Å². The molecule has 4 aromatic rings. The molecule has 0 spiro atoms. The first-order chi connectivity index (χ1) is 18.2. The fourth-order valence-electron chi connectivity index (χ4n) is 3.53. The molecule has 198 valence electrons. The third kappa shape index (κ3) is 5.41. The number of ether oxygens (including phenoxy) is 1. The normalized spacial score (nSPS) is 11.9. The van der Waals surface area contributed by atoms with Gasteiger partial charge in [0.05, 0.1) is 34.5 Å². The highest BCUT2D eigenvalue weighted by molar-refractivity contribution is 7.89. The van der Waals surface area contributed by atoms with Crippen LogP contribution in [0.25, 0.3) is 10.2 Å². The molecule has 12 nitrogen and oxygen atoms in total. The molecule has 0 saturated heterocycles. The summed E-state index contributed by atoms with van der Waals surface area (Å²) >= 11 is 1.18. The van der Waals surface area contributed by atoms with Crippen molar-refractivity contribution in [3.63, 3.8) is 0 Å². The van der Waals surface area contributed by atoms with Crippen molar-refractivity contribution < 1.29 is 27.3 Å². The van der Waals surface area contributed by atoms with Gasteiger partial charge in [-0.3, -0.25) is 14.9 Å². The highest BCUT2D eigenvalue weighted by Crippen LogP contribution is 2.32. The highest BCUT2D eigenvalue weighted by Gasteiger charge is 2.25. The fraction of sp³-hybridized carbons (Fsp3) is 0.208. The maximum Gasteiger partial charge on any atom is 0.433 e. The van der Waals surface area contributed by atoms with Gasteiger partial charge in [-0.25, -0.2) is 13.4 Å². The van der Waals surface area contributed by atoms with Gasteiger partial charge in [0.2, 0.25) is 15.2 Å². The van der Waals surface area contributed by atoms with E-state index in [1.165, 1.54) is 59.2 Å². The van der Waals surface area contributed by atoms with Crippen LogP contribution in [0.3, 0.4) is 0 Å². The maximum atomic E-state index is 13.5. The molecule has 14 heteroatoms. The Morgan fingerprint density at radius 1 is 1.16 bits per heavy atom. The number of carbonyl (C=O) groups is 1. The highest BCUT2D eigenvalue weighted by atomic mass is 32.2. The van der Waals surface area contributed by atoms with Crippen molar-refractivity contribution >= 4 is 54.7 Å². The second kappa shape index (κ2) is 11.1. The van der Waals surface area contributed by atoms with Gasteiger partial charge in [0.25, 0.3) is 5.91 Å². The number of hydrogen-bond donors (Lipinski definition) is 0. The summed E-state index contributed by atoms with van der Waals surface area (Å²) in [6.45, 7) is 4.12. The Kier molecular flexibility index (Phi) is 7.85. The van der Waals surface area contributed by atoms with E-state index in [2.05, 4.69) is 10.1 Å². The van der Waals surface area contributed by atoms with E-state index in [-0.39, 0.29) is 21.4 Å². The average Bonchev–Trinajstić information content (AvgIpc) is 3.56. The van der Waals surface area contributed by atoms with Crippen LogP contribution in [0.15, 0.2) is 69.0 Å². The fourth-order valence-corrected chi connectivity index (χ4v) is 5.94. The second-order valence-corrected chi connectivity index (χ2v) is 10.7. The minimum Gasteiger partial charge on any atom is -0.497 e. The van der Waals surface area contributed by atoms with Crippen LogP contribution in [0.2, 0.25) is 0 Å². The summed E-state index contributed by atoms with van der Waals surface area (Å²) in [6, 6.07) is 13.3. The van der Waals surface area contributed by atoms with E-state index in [0.29, 0.717) is 24.4 Å². The molecule has 0 aliphatic rings. The minimum atomic E-state index is -3.70. The number of nitro groups is 1. The van der Waals surface area contributed by atoms with Crippen molar-refractivity contribution in [1.82, 2.24) is 9.29 Å². The summed E-state index contributed by atoms with van der Waals surface area (Å²) in [5, 5.41) is 16.4. The molecule has 0 bridgehead atoms. The zero-order valence-electron chi connectivity index (χ0n) is 20.6. The lowest BCUT2D eigenvalue weighted by atomic mass is 10.2. The summed E-state index contributed by atoms with van der Waals surface area (Å²) in [6.07, 6.45) is 1.16. The number of sulfonamides is 1. The van der Waals surface area contributed by atoms with Crippen LogP contribution in [0.4, 0.5) is 11.0 Å². The van der Waals surface area contributed by atoms with E-state index in [0.717, 1.165) is 15.9 Å². The van der Waals surface area contributed by atoms with Crippen LogP contribution in [-0.2, 0) is 10.0 Å². The monoisotopic (exact) mass is 557 g/mol. The van der Waals surface area contributed by atoms with Gasteiger partial charge in [0.1, 0.15) is 10.7 Å². The number of aromatic nitrogens is 1. The number of thiazole rings is 1. The number of nitrogens with zero attached hydrogens (tertiary/aromatic N) is 5. The number of hydrazone groups is 1. The quantitative estimate of drug-likeness (QED) is 0.157. The molecule has 38 heavy (non-hydrogen) atoms. The Bertz CT molecular complexity index is 1610. The van der Waals surface area contributed by atoms with Crippen LogP contribution in [0.5, 0.6) is 5.75 Å². The largest absolute Gasteiger partial charge is 0.497 e. The molecule has 0 unspecified atom stereocenters. The Balaban J connectivity index is 1.72. The Hall–Kier alpha value is -4.14. The molecule has 0 radical (unpaired) electrons. The number of benzene rings is 2. The van der Waals surface area contributed by atoms with Crippen LogP contribution >= 0.6 is 11.3 Å².